The number of aliphatic hydroxyl groups excluding tert-OH is 2. The number of likely N-dealkylation sites (N-methyl/N-ethyl adjacent to an activating group) is 2. The normalized spacial score (nSPS) is 12.6. The lowest BCUT2D eigenvalue weighted by molar-refractivity contribution is 0.206. The molecule has 4 aliphatic rings. The number of ether oxygens (including phenoxy) is 2. The average molecular weight is 1290 g/mol. The standard InChI is InChI=1S/C17H19BN4O3.C17H19BN4O2.C16H17BN4O3.C16H17BN4O2/c1-19-15-6-7-16(21-17(15)22(2)8-9-24-3)20-13-4-5-14-12(10-13)11-25-18(14)23;1-18-14-5-4-13(10-12(14)11-24-18)20-16-7-6-15(19-2)17(21-16)22(3)8-9-23;1-18-14-5-6-15(21-16(14)19-7-8-23-2)20-12-3-4-13-11(9-12)10-24-17(13)22;1-17-13-4-3-12(9-11(13)10-23-17)20-15-6-5-14(18-2)16(21-15)19-7-8-22/h4-7,10,23H,8-9,11H2,2-3H3,(H,20,21);4-7,10,23H,8-9,11H2,1,3H3,(H,20,21);3-6,9,22H,7-8,10H2,2H3,(H2,19,20,21);3-6,9,22H,7-8,10H2,1H3,(H2,19,20,21). The summed E-state index contributed by atoms with van der Waals surface area (Å²) in [6, 6.07) is 37.5. The number of methoxy groups -OCH3 is 2. The van der Waals surface area contributed by atoms with Crippen LogP contribution in [0.5, 0.6) is 0 Å². The predicted molar refractivity (Wildman–Crippen MR) is 379 cm³/mol. The van der Waals surface area contributed by atoms with Crippen molar-refractivity contribution in [2.45, 2.75) is 40.1 Å². The minimum atomic E-state index is -0.846. The number of fused-ring (bicyclic) bond motifs is 4. The fourth-order valence-electron chi connectivity index (χ4n) is 10.5. The third-order valence-electron chi connectivity index (χ3n) is 15.6. The summed E-state index contributed by atoms with van der Waals surface area (Å²) in [5, 5.41) is 56.4. The number of hydrogen-bond acceptors (Lipinski definition) is 22. The molecule has 0 aliphatic carbocycles. The van der Waals surface area contributed by atoms with Gasteiger partial charge in [-0.1, -0.05) is 37.9 Å². The van der Waals surface area contributed by atoms with Crippen LogP contribution in [0.2, 0.25) is 13.6 Å². The summed E-state index contributed by atoms with van der Waals surface area (Å²) in [4.78, 5) is 35.5. The second-order valence-electron chi connectivity index (χ2n) is 22.2. The first-order valence-corrected chi connectivity index (χ1v) is 30.7. The van der Waals surface area contributed by atoms with Crippen molar-refractivity contribution in [3.63, 3.8) is 0 Å². The lowest BCUT2D eigenvalue weighted by Crippen LogP contribution is -2.27. The molecule has 0 saturated carbocycles. The summed E-state index contributed by atoms with van der Waals surface area (Å²) in [6.45, 7) is 38.4. The molecule has 10 N–H and O–H groups in total. The molecular weight excluding hydrogens is 1220 g/mol. The van der Waals surface area contributed by atoms with Crippen LogP contribution in [0.3, 0.4) is 0 Å². The molecule has 96 heavy (non-hydrogen) atoms. The van der Waals surface area contributed by atoms with Crippen molar-refractivity contribution in [3.8, 4) is 0 Å². The van der Waals surface area contributed by atoms with Crippen molar-refractivity contribution >= 4 is 142 Å². The third-order valence-corrected chi connectivity index (χ3v) is 15.6. The van der Waals surface area contributed by atoms with Gasteiger partial charge in [-0.15, -0.1) is 0 Å². The molecule has 0 amide bonds. The molecule has 4 aromatic heterocycles. The number of rotatable bonds is 22. The fraction of sp³-hybridized carbons (Fsp3) is 0.273. The predicted octanol–water partition coefficient (Wildman–Crippen LogP) is 7.63. The van der Waals surface area contributed by atoms with E-state index in [1.165, 1.54) is 22.1 Å². The highest BCUT2D eigenvalue weighted by Gasteiger charge is 2.29. The fourth-order valence-corrected chi connectivity index (χ4v) is 10.5. The number of nitrogens with zero attached hydrogens (tertiary/aromatic N) is 10. The van der Waals surface area contributed by atoms with Crippen LogP contribution in [0, 0.1) is 26.3 Å². The van der Waals surface area contributed by atoms with Gasteiger partial charge in [0.25, 0.3) is 0 Å². The smallest absolute Gasteiger partial charge is 0.427 e. The van der Waals surface area contributed by atoms with E-state index in [0.717, 1.165) is 44.8 Å². The van der Waals surface area contributed by atoms with Crippen LogP contribution in [0.25, 0.3) is 19.4 Å². The van der Waals surface area contributed by atoms with Gasteiger partial charge in [-0.05, 0) is 141 Å². The maximum absolute atomic E-state index is 9.69. The summed E-state index contributed by atoms with van der Waals surface area (Å²) in [7, 11) is 5.27. The zero-order chi connectivity index (χ0) is 68.1. The van der Waals surface area contributed by atoms with Gasteiger partial charge in [-0.3, -0.25) is 0 Å². The van der Waals surface area contributed by atoms with E-state index in [0.29, 0.717) is 135 Å². The summed E-state index contributed by atoms with van der Waals surface area (Å²) in [6.07, 6.45) is 0. The minimum Gasteiger partial charge on any atom is -0.427 e. The molecular formula is C66H72B4N16O10. The van der Waals surface area contributed by atoms with Gasteiger partial charge in [-0.25, -0.2) is 39.3 Å². The van der Waals surface area contributed by atoms with Crippen LogP contribution in [0.1, 0.15) is 22.3 Å². The van der Waals surface area contributed by atoms with Crippen LogP contribution in [-0.2, 0) is 54.5 Å². The quantitative estimate of drug-likeness (QED) is 0.0177. The molecule has 488 valence electrons. The largest absolute Gasteiger partial charge is 0.491 e. The van der Waals surface area contributed by atoms with Gasteiger partial charge in [0.1, 0.15) is 46.5 Å². The number of hydrogen-bond donors (Lipinski definition) is 10. The molecule has 4 aromatic carbocycles. The summed E-state index contributed by atoms with van der Waals surface area (Å²) < 4.78 is 31.7. The minimum absolute atomic E-state index is 0.0102. The number of anilines is 12. The number of benzene rings is 4. The Bertz CT molecular complexity index is 4190. The summed E-state index contributed by atoms with van der Waals surface area (Å²) >= 11 is 0. The topological polar surface area (TPSA) is 284 Å². The molecule has 26 nitrogen and oxygen atoms in total. The van der Waals surface area contributed by atoms with Gasteiger partial charge < -0.3 is 90.1 Å². The number of nitrogens with one attached hydrogen (secondary N) is 6. The van der Waals surface area contributed by atoms with Crippen LogP contribution >= 0.6 is 0 Å². The van der Waals surface area contributed by atoms with Gasteiger partial charge in [-0.2, -0.15) is 0 Å². The Morgan fingerprint density at radius 3 is 1.19 bits per heavy atom. The molecule has 4 aliphatic heterocycles. The van der Waals surface area contributed by atoms with E-state index in [1.807, 2.05) is 81.2 Å². The SMILES string of the molecule is [C-]#[N+]c1ccc(Nc2ccc3c(c2)COB3C)nc1N(C)CCO.[C-]#[N+]c1ccc(Nc2ccc3c(c2)COB3C)nc1NCCO.[C-]#[N+]c1ccc(Nc2ccc3c(c2)COB3O)nc1N(C)CCOC.[C-]#[N+]c1ccc(Nc2ccc3c(c2)COB3O)nc1NCCOC. The zero-order valence-electron chi connectivity index (χ0n) is 54.1. The van der Waals surface area contributed by atoms with Crippen molar-refractivity contribution in [2.24, 2.45) is 0 Å². The van der Waals surface area contributed by atoms with E-state index in [9.17, 15) is 10.0 Å². The van der Waals surface area contributed by atoms with Gasteiger partial charge in [0.15, 0.2) is 0 Å². The number of aromatic nitrogens is 4. The van der Waals surface area contributed by atoms with Crippen molar-refractivity contribution in [3.05, 3.63) is 189 Å². The van der Waals surface area contributed by atoms with Gasteiger partial charge in [0.2, 0.25) is 22.7 Å². The Morgan fingerprint density at radius 1 is 0.448 bits per heavy atom. The third kappa shape index (κ3) is 18.1. The zero-order valence-corrected chi connectivity index (χ0v) is 54.1. The second kappa shape index (κ2) is 34.2. The Labute approximate surface area is 559 Å². The van der Waals surface area contributed by atoms with E-state index in [2.05, 4.69) is 95.5 Å². The molecule has 12 rings (SSSR count). The number of aliphatic hydroxyl groups is 2. The molecule has 0 unspecified atom stereocenters. The van der Waals surface area contributed by atoms with Crippen LogP contribution < -0.4 is 63.6 Å². The van der Waals surface area contributed by atoms with Crippen molar-refractivity contribution < 1.29 is 48.4 Å². The van der Waals surface area contributed by atoms with Gasteiger partial charge >= 0.3 is 28.1 Å². The van der Waals surface area contributed by atoms with Crippen molar-refractivity contribution in [1.82, 2.24) is 19.9 Å². The molecule has 0 radical (unpaired) electrons. The average Bonchev–Trinajstić information content (AvgIpc) is 1.50. The first-order chi connectivity index (χ1) is 46.6. The summed E-state index contributed by atoms with van der Waals surface area (Å²) in [5.41, 5.74) is 13.7. The highest BCUT2D eigenvalue weighted by atomic mass is 16.5. The first-order valence-electron chi connectivity index (χ1n) is 30.7. The maximum atomic E-state index is 9.69. The molecule has 0 saturated heterocycles. The number of pyridine rings is 4. The molecule has 8 aromatic rings. The van der Waals surface area contributed by atoms with Gasteiger partial charge in [0.05, 0.1) is 79.1 Å². The van der Waals surface area contributed by atoms with E-state index >= 15 is 0 Å². The molecule has 0 bridgehead atoms. The highest BCUT2D eigenvalue weighted by molar-refractivity contribution is 6.68. The molecule has 30 heteroatoms. The monoisotopic (exact) mass is 1290 g/mol. The molecule has 8 heterocycles. The van der Waals surface area contributed by atoms with Crippen molar-refractivity contribution in [2.75, 3.05) is 123 Å². The Balaban J connectivity index is 0.000000150. The van der Waals surface area contributed by atoms with Crippen LogP contribution in [0.15, 0.2) is 121 Å². The Morgan fingerprint density at radius 2 is 0.802 bits per heavy atom. The highest BCUT2D eigenvalue weighted by Crippen LogP contribution is 2.33. The van der Waals surface area contributed by atoms with E-state index in [1.54, 1.807) is 67.7 Å². The van der Waals surface area contributed by atoms with Crippen molar-refractivity contribution in [1.29, 1.82) is 0 Å². The van der Waals surface area contributed by atoms with E-state index in [4.69, 9.17) is 64.6 Å². The van der Waals surface area contributed by atoms with E-state index < -0.39 is 14.2 Å². The summed E-state index contributed by atoms with van der Waals surface area (Å²) in [5.74, 6) is 4.73. The molecule has 0 atom stereocenters. The Hall–Kier alpha value is -10.3. The Kier molecular flexibility index (Phi) is 25.0. The van der Waals surface area contributed by atoms with E-state index in [-0.39, 0.29) is 27.0 Å². The molecule has 0 fully saturated rings. The van der Waals surface area contributed by atoms with Crippen LogP contribution in [0.4, 0.5) is 92.0 Å². The van der Waals surface area contributed by atoms with Gasteiger partial charge in [0, 0.05) is 77.2 Å². The second-order valence-corrected chi connectivity index (χ2v) is 22.2. The van der Waals surface area contributed by atoms with Crippen LogP contribution in [-0.4, -0.2) is 149 Å². The maximum Gasteiger partial charge on any atom is 0.491 e. The molecule has 0 spiro atoms. The lowest BCUT2D eigenvalue weighted by Gasteiger charge is -2.20. The lowest BCUT2D eigenvalue weighted by atomic mass is 9.64. The first kappa shape index (κ1) is 70.0.